The minimum Gasteiger partial charge on any atom is -0.329 e. The van der Waals surface area contributed by atoms with Gasteiger partial charge in [0.15, 0.2) is 0 Å². The van der Waals surface area contributed by atoms with Crippen molar-refractivity contribution in [2.45, 2.75) is 49.7 Å². The van der Waals surface area contributed by atoms with E-state index in [-0.39, 0.29) is 5.25 Å². The largest absolute Gasteiger partial charge is 0.329 e. The fourth-order valence-corrected chi connectivity index (χ4v) is 3.17. The number of hydrogen-bond acceptors (Lipinski definition) is 3. The van der Waals surface area contributed by atoms with Crippen LogP contribution in [0.2, 0.25) is 0 Å². The molecule has 1 saturated carbocycles. The van der Waals surface area contributed by atoms with Gasteiger partial charge in [-0.05, 0) is 25.8 Å². The second-order valence-corrected chi connectivity index (χ2v) is 6.65. The Kier molecular flexibility index (Phi) is 4.34. The van der Waals surface area contributed by atoms with Crippen LogP contribution in [0.4, 0.5) is 0 Å². The highest BCUT2D eigenvalue weighted by Crippen LogP contribution is 2.28. The number of rotatable bonds is 5. The summed E-state index contributed by atoms with van der Waals surface area (Å²) in [6, 6.07) is 2.54. The maximum absolute atomic E-state index is 11.9. The summed E-state index contributed by atoms with van der Waals surface area (Å²) >= 11 is 0. The van der Waals surface area contributed by atoms with Gasteiger partial charge >= 0.3 is 0 Å². The molecule has 4 nitrogen and oxygen atoms in total. The molecule has 0 bridgehead atoms. The molecule has 2 N–H and O–H groups in total. The van der Waals surface area contributed by atoms with Crippen molar-refractivity contribution >= 4 is 10.8 Å². The maximum Gasteiger partial charge on any atom is 0.0749 e. The Morgan fingerprint density at radius 1 is 1.59 bits per heavy atom. The Morgan fingerprint density at radius 3 is 2.94 bits per heavy atom. The van der Waals surface area contributed by atoms with Crippen LogP contribution in [0.3, 0.4) is 0 Å². The van der Waals surface area contributed by atoms with Gasteiger partial charge in [-0.25, -0.2) is 0 Å². The lowest BCUT2D eigenvalue weighted by molar-refractivity contribution is 0.464. The van der Waals surface area contributed by atoms with Crippen LogP contribution in [0, 0.1) is 0 Å². The average Bonchev–Trinajstić information content (AvgIpc) is 2.97. The third-order valence-electron chi connectivity index (χ3n) is 3.43. The lowest BCUT2D eigenvalue weighted by Gasteiger charge is -2.09. The van der Waals surface area contributed by atoms with Crippen molar-refractivity contribution in [3.63, 3.8) is 0 Å². The Bertz CT molecular complexity index is 385. The molecule has 0 saturated heterocycles. The van der Waals surface area contributed by atoms with E-state index >= 15 is 0 Å². The van der Waals surface area contributed by atoms with Gasteiger partial charge in [-0.15, -0.1) is 0 Å². The molecule has 0 aliphatic heterocycles. The average molecular weight is 255 g/mol. The molecule has 2 unspecified atom stereocenters. The normalized spacial score (nSPS) is 20.6. The molecule has 1 aromatic heterocycles. The smallest absolute Gasteiger partial charge is 0.0749 e. The van der Waals surface area contributed by atoms with Crippen molar-refractivity contribution in [1.82, 2.24) is 9.78 Å². The highest BCUT2D eigenvalue weighted by Gasteiger charge is 2.18. The Labute approximate surface area is 105 Å². The van der Waals surface area contributed by atoms with Crippen molar-refractivity contribution in [2.24, 2.45) is 5.73 Å². The summed E-state index contributed by atoms with van der Waals surface area (Å²) in [6.07, 6.45) is 7.08. The molecule has 5 heteroatoms. The summed E-state index contributed by atoms with van der Waals surface area (Å²) in [4.78, 5) is 0. The van der Waals surface area contributed by atoms with E-state index in [4.69, 9.17) is 5.73 Å². The number of hydrogen-bond donors (Lipinski definition) is 1. The van der Waals surface area contributed by atoms with E-state index < -0.39 is 10.8 Å². The molecule has 1 aromatic rings. The SMILES string of the molecule is CC(CN)S(=O)Cc1ccn(C2CCCC2)n1. The zero-order valence-electron chi connectivity index (χ0n) is 10.3. The van der Waals surface area contributed by atoms with Crippen molar-refractivity contribution in [2.75, 3.05) is 6.54 Å². The van der Waals surface area contributed by atoms with Gasteiger partial charge in [0, 0.05) is 28.8 Å². The molecule has 1 aliphatic rings. The van der Waals surface area contributed by atoms with E-state index in [9.17, 15) is 4.21 Å². The first-order valence-electron chi connectivity index (χ1n) is 6.32. The van der Waals surface area contributed by atoms with Gasteiger partial charge in [-0.3, -0.25) is 8.89 Å². The topological polar surface area (TPSA) is 60.9 Å². The van der Waals surface area contributed by atoms with Crippen molar-refractivity contribution in [3.8, 4) is 0 Å². The summed E-state index contributed by atoms with van der Waals surface area (Å²) in [5, 5.41) is 4.58. The van der Waals surface area contributed by atoms with Gasteiger partial charge in [-0.2, -0.15) is 5.10 Å². The molecule has 17 heavy (non-hydrogen) atoms. The second-order valence-electron chi connectivity index (χ2n) is 4.80. The number of nitrogens with two attached hydrogens (primary N) is 1. The lowest BCUT2D eigenvalue weighted by Crippen LogP contribution is -2.23. The summed E-state index contributed by atoms with van der Waals surface area (Å²) in [5.41, 5.74) is 6.44. The molecule has 0 aromatic carbocycles. The number of aromatic nitrogens is 2. The first kappa shape index (κ1) is 12.8. The summed E-state index contributed by atoms with van der Waals surface area (Å²) in [5.74, 6) is 0.526. The van der Waals surface area contributed by atoms with E-state index in [0.717, 1.165) is 5.69 Å². The Morgan fingerprint density at radius 2 is 2.29 bits per heavy atom. The molecular formula is C12H21N3OS. The van der Waals surface area contributed by atoms with E-state index in [1.54, 1.807) is 0 Å². The minimum atomic E-state index is -0.905. The first-order valence-corrected chi connectivity index (χ1v) is 7.70. The Hall–Kier alpha value is -0.680. The van der Waals surface area contributed by atoms with Crippen molar-refractivity contribution < 1.29 is 4.21 Å². The summed E-state index contributed by atoms with van der Waals surface area (Å²) in [6.45, 7) is 2.39. The van der Waals surface area contributed by atoms with Crippen LogP contribution in [-0.4, -0.2) is 25.8 Å². The third-order valence-corrected chi connectivity index (χ3v) is 5.10. The fourth-order valence-electron chi connectivity index (χ4n) is 2.22. The molecule has 2 rings (SSSR count). The summed E-state index contributed by atoms with van der Waals surface area (Å²) in [7, 11) is -0.905. The number of nitrogens with zero attached hydrogens (tertiary/aromatic N) is 2. The van der Waals surface area contributed by atoms with Gasteiger partial charge in [0.1, 0.15) is 0 Å². The van der Waals surface area contributed by atoms with Gasteiger partial charge in [0.25, 0.3) is 0 Å². The molecule has 0 spiro atoms. The van der Waals surface area contributed by atoms with E-state index in [1.165, 1.54) is 25.7 Å². The zero-order valence-corrected chi connectivity index (χ0v) is 11.2. The minimum absolute atomic E-state index is 0.0478. The van der Waals surface area contributed by atoms with Crippen LogP contribution < -0.4 is 5.73 Å². The first-order chi connectivity index (χ1) is 8.20. The van der Waals surface area contributed by atoms with Crippen LogP contribution in [0.1, 0.15) is 44.3 Å². The fraction of sp³-hybridized carbons (Fsp3) is 0.750. The molecule has 1 fully saturated rings. The third kappa shape index (κ3) is 3.16. The standard InChI is InChI=1S/C12H21N3OS/c1-10(8-13)17(16)9-11-6-7-15(14-11)12-4-2-3-5-12/h6-7,10,12H,2-5,8-9,13H2,1H3. The predicted molar refractivity (Wildman–Crippen MR) is 70.1 cm³/mol. The quantitative estimate of drug-likeness (QED) is 0.869. The molecule has 0 amide bonds. The zero-order chi connectivity index (χ0) is 12.3. The van der Waals surface area contributed by atoms with Crippen LogP contribution >= 0.6 is 0 Å². The highest BCUT2D eigenvalue weighted by molar-refractivity contribution is 7.84. The monoisotopic (exact) mass is 255 g/mol. The highest BCUT2D eigenvalue weighted by atomic mass is 32.2. The molecule has 2 atom stereocenters. The molecule has 0 radical (unpaired) electrons. The van der Waals surface area contributed by atoms with Crippen molar-refractivity contribution in [3.05, 3.63) is 18.0 Å². The molecule has 96 valence electrons. The van der Waals surface area contributed by atoms with Gasteiger partial charge < -0.3 is 5.73 Å². The summed E-state index contributed by atoms with van der Waals surface area (Å²) < 4.78 is 13.9. The van der Waals surface area contributed by atoms with E-state index in [2.05, 4.69) is 5.10 Å². The van der Waals surface area contributed by atoms with Crippen LogP contribution in [0.15, 0.2) is 12.3 Å². The van der Waals surface area contributed by atoms with Gasteiger partial charge in [0.05, 0.1) is 17.5 Å². The van der Waals surface area contributed by atoms with Crippen molar-refractivity contribution in [1.29, 1.82) is 0 Å². The van der Waals surface area contributed by atoms with Crippen LogP contribution in [0.5, 0.6) is 0 Å². The molecule has 1 heterocycles. The molecular weight excluding hydrogens is 234 g/mol. The van der Waals surface area contributed by atoms with Gasteiger partial charge in [-0.1, -0.05) is 12.8 Å². The van der Waals surface area contributed by atoms with Crippen LogP contribution in [0.25, 0.3) is 0 Å². The molecule has 1 aliphatic carbocycles. The van der Waals surface area contributed by atoms with Gasteiger partial charge in [0.2, 0.25) is 0 Å². The maximum atomic E-state index is 11.9. The van der Waals surface area contributed by atoms with Crippen LogP contribution in [-0.2, 0) is 16.6 Å². The van der Waals surface area contributed by atoms with E-state index in [0.29, 0.717) is 18.3 Å². The van der Waals surface area contributed by atoms with E-state index in [1.807, 2.05) is 23.9 Å². The Balaban J connectivity index is 1.96. The lowest BCUT2D eigenvalue weighted by atomic mass is 10.3. The predicted octanol–water partition coefficient (Wildman–Crippen LogP) is 1.59. The second kappa shape index (κ2) is 5.78.